The molecule has 0 fully saturated rings. The fraction of sp³-hybridized carbons (Fsp3) is 0.357. The molecule has 0 saturated carbocycles. The molecular weight excluding hydrogens is 288 g/mol. The van der Waals surface area contributed by atoms with E-state index < -0.39 is 0 Å². The Labute approximate surface area is 127 Å². The summed E-state index contributed by atoms with van der Waals surface area (Å²) in [6, 6.07) is 5.96. The minimum Gasteiger partial charge on any atom is -0.339 e. The van der Waals surface area contributed by atoms with E-state index in [9.17, 15) is 0 Å². The van der Waals surface area contributed by atoms with Gasteiger partial charge in [-0.25, -0.2) is 0 Å². The summed E-state index contributed by atoms with van der Waals surface area (Å²) in [6.45, 7) is 4.44. The zero-order chi connectivity index (χ0) is 14.8. The van der Waals surface area contributed by atoms with Crippen LogP contribution < -0.4 is 5.32 Å². The van der Waals surface area contributed by atoms with Crippen molar-refractivity contribution in [2.75, 3.05) is 6.54 Å². The summed E-state index contributed by atoms with van der Waals surface area (Å²) in [5, 5.41) is 17.4. The number of benzene rings is 1. The van der Waals surface area contributed by atoms with Crippen LogP contribution >= 0.6 is 11.6 Å². The third-order valence-corrected chi connectivity index (χ3v) is 3.59. The minimum atomic E-state index is 0.580. The molecule has 0 saturated heterocycles. The number of halogens is 1. The second kappa shape index (κ2) is 5.83. The van der Waals surface area contributed by atoms with Crippen molar-refractivity contribution >= 4 is 22.5 Å². The van der Waals surface area contributed by atoms with Crippen molar-refractivity contribution in [1.29, 1.82) is 0 Å². The summed E-state index contributed by atoms with van der Waals surface area (Å²) in [7, 11) is 1.76. The second-order valence-corrected chi connectivity index (χ2v) is 5.36. The maximum absolute atomic E-state index is 6.13. The van der Waals surface area contributed by atoms with Crippen LogP contribution in [0, 0.1) is 0 Å². The van der Waals surface area contributed by atoms with Crippen LogP contribution in [-0.4, -0.2) is 31.3 Å². The SMILES string of the molecule is CCNCc1cn(Cc2nnn(C)n2)c2cc(Cl)ccc12. The Bertz CT molecular complexity index is 760. The summed E-state index contributed by atoms with van der Waals surface area (Å²) in [5.41, 5.74) is 2.33. The fourth-order valence-corrected chi connectivity index (χ4v) is 2.58. The number of nitrogens with one attached hydrogen (secondary N) is 1. The molecule has 7 heteroatoms. The zero-order valence-corrected chi connectivity index (χ0v) is 12.8. The number of nitrogens with zero attached hydrogens (tertiary/aromatic N) is 5. The molecule has 1 aromatic carbocycles. The highest BCUT2D eigenvalue weighted by Gasteiger charge is 2.11. The van der Waals surface area contributed by atoms with Crippen molar-refractivity contribution in [3.05, 3.63) is 40.8 Å². The van der Waals surface area contributed by atoms with E-state index in [2.05, 4.69) is 44.5 Å². The first-order valence-corrected chi connectivity index (χ1v) is 7.26. The van der Waals surface area contributed by atoms with Gasteiger partial charge in [0.25, 0.3) is 0 Å². The Kier molecular flexibility index (Phi) is 3.90. The van der Waals surface area contributed by atoms with Crippen LogP contribution in [-0.2, 0) is 20.1 Å². The van der Waals surface area contributed by atoms with Crippen LogP contribution in [0.1, 0.15) is 18.3 Å². The van der Waals surface area contributed by atoms with E-state index in [4.69, 9.17) is 11.6 Å². The first-order chi connectivity index (χ1) is 10.2. The summed E-state index contributed by atoms with van der Waals surface area (Å²) >= 11 is 6.13. The van der Waals surface area contributed by atoms with Crippen LogP contribution in [0.4, 0.5) is 0 Å². The number of aromatic nitrogens is 5. The van der Waals surface area contributed by atoms with Gasteiger partial charge in [-0.05, 0) is 29.5 Å². The molecule has 0 amide bonds. The normalized spacial score (nSPS) is 11.4. The van der Waals surface area contributed by atoms with Gasteiger partial charge in [0, 0.05) is 23.2 Å². The highest BCUT2D eigenvalue weighted by Crippen LogP contribution is 2.25. The summed E-state index contributed by atoms with van der Waals surface area (Å²) in [4.78, 5) is 1.47. The highest BCUT2D eigenvalue weighted by atomic mass is 35.5. The maximum atomic E-state index is 6.13. The van der Waals surface area contributed by atoms with Crippen molar-refractivity contribution < 1.29 is 0 Å². The largest absolute Gasteiger partial charge is 0.339 e. The predicted molar refractivity (Wildman–Crippen MR) is 82.2 cm³/mol. The molecule has 0 spiro atoms. The van der Waals surface area contributed by atoms with Gasteiger partial charge in [0.2, 0.25) is 0 Å². The predicted octanol–water partition coefficient (Wildman–Crippen LogP) is 1.98. The Balaban J connectivity index is 2.01. The Morgan fingerprint density at radius 3 is 2.90 bits per heavy atom. The lowest BCUT2D eigenvalue weighted by Gasteiger charge is -2.01. The van der Waals surface area contributed by atoms with Gasteiger partial charge < -0.3 is 9.88 Å². The van der Waals surface area contributed by atoms with Gasteiger partial charge in [0.1, 0.15) is 0 Å². The molecule has 3 aromatic rings. The molecule has 0 aliphatic carbocycles. The van der Waals surface area contributed by atoms with Gasteiger partial charge >= 0.3 is 0 Å². The fourth-order valence-electron chi connectivity index (χ4n) is 2.41. The number of fused-ring (bicyclic) bond motifs is 1. The lowest BCUT2D eigenvalue weighted by atomic mass is 10.2. The number of rotatable bonds is 5. The summed E-state index contributed by atoms with van der Waals surface area (Å²) in [6.07, 6.45) is 2.13. The average molecular weight is 305 g/mol. The second-order valence-electron chi connectivity index (χ2n) is 4.92. The van der Waals surface area contributed by atoms with E-state index in [0.29, 0.717) is 12.4 Å². The quantitative estimate of drug-likeness (QED) is 0.783. The molecule has 110 valence electrons. The van der Waals surface area contributed by atoms with Gasteiger partial charge in [-0.1, -0.05) is 24.6 Å². The van der Waals surface area contributed by atoms with Crippen molar-refractivity contribution in [2.24, 2.45) is 7.05 Å². The van der Waals surface area contributed by atoms with E-state index in [1.54, 1.807) is 7.05 Å². The zero-order valence-electron chi connectivity index (χ0n) is 12.0. The topological polar surface area (TPSA) is 60.6 Å². The Morgan fingerprint density at radius 1 is 1.33 bits per heavy atom. The number of tetrazole rings is 1. The summed E-state index contributed by atoms with van der Waals surface area (Å²) in [5.74, 6) is 0.685. The maximum Gasteiger partial charge on any atom is 0.194 e. The average Bonchev–Trinajstić information content (AvgIpc) is 3.01. The molecule has 0 aliphatic heterocycles. The van der Waals surface area contributed by atoms with Crippen molar-refractivity contribution in [2.45, 2.75) is 20.0 Å². The Morgan fingerprint density at radius 2 is 2.19 bits per heavy atom. The van der Waals surface area contributed by atoms with E-state index in [1.807, 2.05) is 12.1 Å². The molecule has 2 aromatic heterocycles. The van der Waals surface area contributed by atoms with Crippen molar-refractivity contribution in [3.8, 4) is 0 Å². The molecular formula is C14H17ClN6. The van der Waals surface area contributed by atoms with E-state index >= 15 is 0 Å². The smallest absolute Gasteiger partial charge is 0.194 e. The third-order valence-electron chi connectivity index (χ3n) is 3.35. The monoisotopic (exact) mass is 304 g/mol. The van der Waals surface area contributed by atoms with Gasteiger partial charge in [-0.3, -0.25) is 0 Å². The van der Waals surface area contributed by atoms with Crippen LogP contribution in [0.3, 0.4) is 0 Å². The summed E-state index contributed by atoms with van der Waals surface area (Å²) < 4.78 is 2.12. The standard InChI is InChI=1S/C14H17ClN6/c1-3-16-7-10-8-21(9-14-17-19-20(2)18-14)13-6-11(15)4-5-12(10)13/h4-6,8,16H,3,7,9H2,1-2H3. The van der Waals surface area contributed by atoms with Crippen molar-refractivity contribution in [3.63, 3.8) is 0 Å². The van der Waals surface area contributed by atoms with Crippen LogP contribution in [0.15, 0.2) is 24.4 Å². The molecule has 0 unspecified atom stereocenters. The number of hydrogen-bond acceptors (Lipinski definition) is 4. The first-order valence-electron chi connectivity index (χ1n) is 6.88. The minimum absolute atomic E-state index is 0.580. The van der Waals surface area contributed by atoms with E-state index in [0.717, 1.165) is 23.6 Å². The van der Waals surface area contributed by atoms with Crippen LogP contribution in [0.5, 0.6) is 0 Å². The molecule has 6 nitrogen and oxygen atoms in total. The molecule has 21 heavy (non-hydrogen) atoms. The third kappa shape index (κ3) is 2.91. The van der Waals surface area contributed by atoms with Crippen LogP contribution in [0.2, 0.25) is 5.02 Å². The molecule has 1 N–H and O–H groups in total. The molecule has 2 heterocycles. The van der Waals surface area contributed by atoms with Gasteiger partial charge in [-0.2, -0.15) is 4.80 Å². The molecule has 0 atom stereocenters. The van der Waals surface area contributed by atoms with Gasteiger partial charge in [0.15, 0.2) is 5.82 Å². The lowest BCUT2D eigenvalue weighted by Crippen LogP contribution is -2.11. The highest BCUT2D eigenvalue weighted by molar-refractivity contribution is 6.31. The number of aryl methyl sites for hydroxylation is 1. The molecule has 3 rings (SSSR count). The van der Waals surface area contributed by atoms with Crippen LogP contribution in [0.25, 0.3) is 10.9 Å². The lowest BCUT2D eigenvalue weighted by molar-refractivity contribution is 0.625. The Hall–Kier alpha value is -1.92. The molecule has 0 radical (unpaired) electrons. The molecule has 0 bridgehead atoms. The van der Waals surface area contributed by atoms with E-state index in [-0.39, 0.29) is 0 Å². The van der Waals surface area contributed by atoms with Gasteiger partial charge in [-0.15, -0.1) is 10.2 Å². The number of hydrogen-bond donors (Lipinski definition) is 1. The van der Waals surface area contributed by atoms with Gasteiger partial charge in [0.05, 0.1) is 19.1 Å². The van der Waals surface area contributed by atoms with Crippen molar-refractivity contribution in [1.82, 2.24) is 30.1 Å². The van der Waals surface area contributed by atoms with E-state index in [1.165, 1.54) is 15.7 Å². The molecule has 0 aliphatic rings. The first kappa shape index (κ1) is 14.0.